The number of rotatable bonds is 3. The van der Waals surface area contributed by atoms with Gasteiger partial charge >= 0.3 is 0 Å². The number of aromatic amines is 1. The molecule has 1 aromatic heterocycles. The van der Waals surface area contributed by atoms with Crippen molar-refractivity contribution < 1.29 is 14.4 Å². The van der Waals surface area contributed by atoms with Crippen molar-refractivity contribution in [2.75, 3.05) is 4.90 Å². The predicted molar refractivity (Wildman–Crippen MR) is 99.3 cm³/mol. The first-order valence-electron chi connectivity index (χ1n) is 8.90. The third-order valence-electron chi connectivity index (χ3n) is 5.37. The van der Waals surface area contributed by atoms with Crippen LogP contribution in [0.3, 0.4) is 0 Å². The van der Waals surface area contributed by atoms with Gasteiger partial charge in [0.2, 0.25) is 11.8 Å². The molecule has 1 saturated heterocycles. The van der Waals surface area contributed by atoms with Gasteiger partial charge in [-0.05, 0) is 29.5 Å². The maximum absolute atomic E-state index is 13.1. The number of nitrogens with zero attached hydrogens (tertiary/aromatic N) is 3. The van der Waals surface area contributed by atoms with Crippen molar-refractivity contribution in [2.45, 2.75) is 24.9 Å². The van der Waals surface area contributed by atoms with Crippen LogP contribution >= 0.6 is 0 Å². The maximum atomic E-state index is 13.1. The standard InChI is InChI=1S/C19H16N6O3/c20-17(12-8-21-24-23-12)10-4-5-13-16-9(10)2-1-3-11(16)19(28)25(13)14-6-7-15(26)22-18(14)27/h1-5,8,14,17H,6-7,20H2,(H,21,23,24)(H,22,26,27). The van der Waals surface area contributed by atoms with Crippen molar-refractivity contribution in [2.24, 2.45) is 5.73 Å². The summed E-state index contributed by atoms with van der Waals surface area (Å²) < 4.78 is 0. The first kappa shape index (κ1) is 16.6. The second kappa shape index (κ2) is 5.96. The number of aromatic nitrogens is 3. The van der Waals surface area contributed by atoms with Gasteiger partial charge in [0.25, 0.3) is 5.91 Å². The van der Waals surface area contributed by atoms with Crippen molar-refractivity contribution in [3.8, 4) is 0 Å². The quantitative estimate of drug-likeness (QED) is 0.578. The maximum Gasteiger partial charge on any atom is 0.259 e. The summed E-state index contributed by atoms with van der Waals surface area (Å²) in [6.45, 7) is 0. The Morgan fingerprint density at radius 2 is 2.04 bits per heavy atom. The largest absolute Gasteiger partial charge is 0.319 e. The number of amides is 3. The molecule has 2 aliphatic rings. The first-order valence-corrected chi connectivity index (χ1v) is 8.90. The molecule has 9 heteroatoms. The van der Waals surface area contributed by atoms with Crippen molar-refractivity contribution in [1.82, 2.24) is 20.7 Å². The number of nitrogens with two attached hydrogens (primary N) is 1. The molecule has 2 aromatic carbocycles. The Morgan fingerprint density at radius 1 is 1.18 bits per heavy atom. The Bertz CT molecular complexity index is 1140. The van der Waals surface area contributed by atoms with Crippen LogP contribution in [-0.4, -0.2) is 39.2 Å². The third-order valence-corrected chi connectivity index (χ3v) is 5.37. The van der Waals surface area contributed by atoms with Gasteiger partial charge < -0.3 is 5.73 Å². The number of carbonyl (C=O) groups excluding carboxylic acids is 3. The van der Waals surface area contributed by atoms with E-state index in [4.69, 9.17) is 5.73 Å². The number of carbonyl (C=O) groups is 3. The molecule has 1 fully saturated rings. The fraction of sp³-hybridized carbons (Fsp3) is 0.211. The molecule has 0 radical (unpaired) electrons. The van der Waals surface area contributed by atoms with Crippen LogP contribution in [0.2, 0.25) is 0 Å². The zero-order valence-electron chi connectivity index (χ0n) is 14.7. The molecule has 2 aliphatic heterocycles. The molecule has 3 aromatic rings. The van der Waals surface area contributed by atoms with Crippen LogP contribution in [0.25, 0.3) is 10.8 Å². The van der Waals surface area contributed by atoms with E-state index < -0.39 is 18.0 Å². The summed E-state index contributed by atoms with van der Waals surface area (Å²) in [5.74, 6) is -1.01. The number of imide groups is 1. The normalized spacial score (nSPS) is 20.0. The topological polar surface area (TPSA) is 134 Å². The Morgan fingerprint density at radius 3 is 2.79 bits per heavy atom. The lowest BCUT2D eigenvalue weighted by atomic mass is 9.95. The number of H-pyrrole nitrogens is 1. The highest BCUT2D eigenvalue weighted by Crippen LogP contribution is 2.42. The minimum absolute atomic E-state index is 0.203. The van der Waals surface area contributed by atoms with Crippen LogP contribution in [0, 0.1) is 0 Å². The number of piperidine rings is 1. The number of benzene rings is 2. The molecule has 3 heterocycles. The molecule has 2 atom stereocenters. The average Bonchev–Trinajstić information content (AvgIpc) is 3.31. The summed E-state index contributed by atoms with van der Waals surface area (Å²) in [5.41, 5.74) is 8.95. The summed E-state index contributed by atoms with van der Waals surface area (Å²) in [6.07, 6.45) is 2.07. The highest BCUT2D eigenvalue weighted by Gasteiger charge is 2.41. The van der Waals surface area contributed by atoms with E-state index >= 15 is 0 Å². The summed E-state index contributed by atoms with van der Waals surface area (Å²) in [5, 5.41) is 14.3. The van der Waals surface area contributed by atoms with Gasteiger partial charge in [0.1, 0.15) is 11.7 Å². The molecule has 9 nitrogen and oxygen atoms in total. The van der Waals surface area contributed by atoms with E-state index in [2.05, 4.69) is 20.7 Å². The Hall–Kier alpha value is -3.59. The van der Waals surface area contributed by atoms with Crippen LogP contribution < -0.4 is 16.0 Å². The highest BCUT2D eigenvalue weighted by atomic mass is 16.2. The van der Waals surface area contributed by atoms with E-state index in [0.717, 1.165) is 16.3 Å². The lowest BCUT2D eigenvalue weighted by Gasteiger charge is -2.30. The van der Waals surface area contributed by atoms with E-state index in [9.17, 15) is 14.4 Å². The molecular formula is C19H16N6O3. The zero-order chi connectivity index (χ0) is 19.4. The first-order chi connectivity index (χ1) is 13.6. The summed E-state index contributed by atoms with van der Waals surface area (Å²) in [6, 6.07) is 7.86. The number of nitrogens with one attached hydrogen (secondary N) is 2. The number of anilines is 1. The van der Waals surface area contributed by atoms with E-state index in [1.807, 2.05) is 12.1 Å². The highest BCUT2D eigenvalue weighted by molar-refractivity contribution is 6.27. The molecule has 28 heavy (non-hydrogen) atoms. The van der Waals surface area contributed by atoms with E-state index in [1.54, 1.807) is 24.4 Å². The third kappa shape index (κ3) is 2.26. The second-order valence-electron chi connectivity index (χ2n) is 6.92. The van der Waals surface area contributed by atoms with Crippen LogP contribution in [-0.2, 0) is 9.59 Å². The minimum Gasteiger partial charge on any atom is -0.319 e. The van der Waals surface area contributed by atoms with E-state index in [-0.39, 0.29) is 18.2 Å². The predicted octanol–water partition coefficient (Wildman–Crippen LogP) is 0.771. The lowest BCUT2D eigenvalue weighted by Crippen LogP contribution is -2.53. The minimum atomic E-state index is -0.712. The Kier molecular flexibility index (Phi) is 3.53. The van der Waals surface area contributed by atoms with Crippen molar-refractivity contribution in [1.29, 1.82) is 0 Å². The van der Waals surface area contributed by atoms with Gasteiger partial charge in [0.15, 0.2) is 0 Å². The van der Waals surface area contributed by atoms with Gasteiger partial charge in [-0.3, -0.25) is 24.6 Å². The second-order valence-corrected chi connectivity index (χ2v) is 6.92. The van der Waals surface area contributed by atoms with Crippen molar-refractivity contribution >= 4 is 34.2 Å². The molecule has 140 valence electrons. The van der Waals surface area contributed by atoms with Crippen LogP contribution in [0.4, 0.5) is 5.69 Å². The van der Waals surface area contributed by atoms with Gasteiger partial charge in [-0.1, -0.05) is 18.2 Å². The van der Waals surface area contributed by atoms with Crippen LogP contribution in [0.1, 0.15) is 40.5 Å². The average molecular weight is 376 g/mol. The van der Waals surface area contributed by atoms with Crippen LogP contribution in [0.15, 0.2) is 36.5 Å². The van der Waals surface area contributed by atoms with Gasteiger partial charge in [-0.25, -0.2) is 0 Å². The smallest absolute Gasteiger partial charge is 0.259 e. The summed E-state index contributed by atoms with van der Waals surface area (Å²) in [7, 11) is 0. The monoisotopic (exact) mass is 376 g/mol. The summed E-state index contributed by atoms with van der Waals surface area (Å²) in [4.78, 5) is 38.5. The molecular weight excluding hydrogens is 360 g/mol. The van der Waals surface area contributed by atoms with Crippen molar-refractivity contribution in [3.63, 3.8) is 0 Å². The van der Waals surface area contributed by atoms with E-state index in [1.165, 1.54) is 4.90 Å². The molecule has 2 unspecified atom stereocenters. The number of hydrogen-bond donors (Lipinski definition) is 3. The van der Waals surface area contributed by atoms with Gasteiger partial charge in [-0.15, -0.1) is 0 Å². The van der Waals surface area contributed by atoms with Gasteiger partial charge in [0.05, 0.1) is 17.9 Å². The molecule has 0 saturated carbocycles. The molecule has 0 aliphatic carbocycles. The Balaban J connectivity index is 1.65. The lowest BCUT2D eigenvalue weighted by molar-refractivity contribution is -0.134. The van der Waals surface area contributed by atoms with Crippen molar-refractivity contribution in [3.05, 3.63) is 53.3 Å². The van der Waals surface area contributed by atoms with E-state index in [0.29, 0.717) is 23.4 Å². The molecule has 0 bridgehead atoms. The molecule has 0 spiro atoms. The molecule has 3 amide bonds. The molecule has 4 N–H and O–H groups in total. The van der Waals surface area contributed by atoms with Gasteiger partial charge in [0, 0.05) is 17.4 Å². The Labute approximate surface area is 158 Å². The number of hydrogen-bond acceptors (Lipinski definition) is 6. The summed E-state index contributed by atoms with van der Waals surface area (Å²) >= 11 is 0. The fourth-order valence-electron chi connectivity index (χ4n) is 4.06. The molecule has 5 rings (SSSR count). The SMILES string of the molecule is NC(c1cn[nH]n1)c1ccc2c3c(cccc13)C(=O)N2C1CCC(=O)NC1=O. The van der Waals surface area contributed by atoms with Crippen LogP contribution in [0.5, 0.6) is 0 Å². The van der Waals surface area contributed by atoms with Gasteiger partial charge in [-0.2, -0.15) is 15.4 Å². The fourth-order valence-corrected chi connectivity index (χ4v) is 4.06. The zero-order valence-corrected chi connectivity index (χ0v) is 14.7.